The summed E-state index contributed by atoms with van der Waals surface area (Å²) >= 11 is 0. The lowest BCUT2D eigenvalue weighted by Crippen LogP contribution is -2.41. The first-order valence-corrected chi connectivity index (χ1v) is 5.20. The Morgan fingerprint density at radius 2 is 2.07 bits per heavy atom. The minimum Gasteiger partial charge on any atom is -0.481 e. The molecular weight excluding hydrogens is 198 g/mol. The van der Waals surface area contributed by atoms with E-state index in [1.807, 2.05) is 0 Å². The molecule has 0 heterocycles. The van der Waals surface area contributed by atoms with Gasteiger partial charge in [-0.25, -0.2) is 0 Å². The molecule has 15 heavy (non-hydrogen) atoms. The van der Waals surface area contributed by atoms with E-state index in [-0.39, 0.29) is 17.3 Å². The van der Waals surface area contributed by atoms with Gasteiger partial charge in [0.15, 0.2) is 0 Å². The maximum absolute atomic E-state index is 10.9. The van der Waals surface area contributed by atoms with E-state index >= 15 is 0 Å². The Morgan fingerprint density at radius 1 is 1.40 bits per heavy atom. The molecule has 0 saturated heterocycles. The highest BCUT2D eigenvalue weighted by Crippen LogP contribution is 2.66. The summed E-state index contributed by atoms with van der Waals surface area (Å²) in [5.74, 6) is -2.34. The fourth-order valence-corrected chi connectivity index (χ4v) is 3.17. The number of carbonyl (C=O) groups is 2. The van der Waals surface area contributed by atoms with E-state index in [4.69, 9.17) is 15.9 Å². The first-order valence-electron chi connectivity index (χ1n) is 5.20. The first kappa shape index (κ1) is 10.4. The zero-order chi connectivity index (χ0) is 11.2. The standard InChI is InChI=1S/C10H15NO4/c11-7(9(14)15)5-2-1-3-10(5)4-6(10)8(12)13/h5-7H,1-4,11H2,(H,12,13)(H,14,15). The van der Waals surface area contributed by atoms with Crippen molar-refractivity contribution in [3.05, 3.63) is 0 Å². The normalized spacial score (nSPS) is 40.3. The Morgan fingerprint density at radius 3 is 2.53 bits per heavy atom. The van der Waals surface area contributed by atoms with Crippen molar-refractivity contribution in [2.24, 2.45) is 23.0 Å². The Hall–Kier alpha value is -1.10. The van der Waals surface area contributed by atoms with Crippen LogP contribution in [0.4, 0.5) is 0 Å². The maximum atomic E-state index is 10.9. The number of carboxylic acids is 2. The van der Waals surface area contributed by atoms with E-state index in [9.17, 15) is 9.59 Å². The fourth-order valence-electron chi connectivity index (χ4n) is 3.17. The smallest absolute Gasteiger partial charge is 0.320 e. The highest BCUT2D eigenvalue weighted by molar-refractivity contribution is 5.77. The molecule has 0 aliphatic heterocycles. The van der Waals surface area contributed by atoms with E-state index in [0.29, 0.717) is 6.42 Å². The van der Waals surface area contributed by atoms with Gasteiger partial charge in [0.1, 0.15) is 6.04 Å². The number of hydrogen-bond donors (Lipinski definition) is 3. The molecule has 4 N–H and O–H groups in total. The summed E-state index contributed by atoms with van der Waals surface area (Å²) in [5.41, 5.74) is 5.31. The molecule has 2 fully saturated rings. The van der Waals surface area contributed by atoms with Gasteiger partial charge in [0.2, 0.25) is 0 Å². The number of aliphatic carboxylic acids is 2. The second-order valence-electron chi connectivity index (χ2n) is 4.69. The van der Waals surface area contributed by atoms with Crippen molar-refractivity contribution in [1.29, 1.82) is 0 Å². The summed E-state index contributed by atoms with van der Waals surface area (Å²) in [6, 6.07) is -0.906. The monoisotopic (exact) mass is 213 g/mol. The lowest BCUT2D eigenvalue weighted by atomic mass is 9.84. The molecule has 2 saturated carbocycles. The third kappa shape index (κ3) is 1.42. The van der Waals surface area contributed by atoms with Crippen LogP contribution in [0.2, 0.25) is 0 Å². The highest BCUT2D eigenvalue weighted by atomic mass is 16.4. The van der Waals surface area contributed by atoms with E-state index < -0.39 is 18.0 Å². The van der Waals surface area contributed by atoms with Crippen LogP contribution in [0.15, 0.2) is 0 Å². The van der Waals surface area contributed by atoms with Crippen LogP contribution in [0.25, 0.3) is 0 Å². The van der Waals surface area contributed by atoms with Crippen molar-refractivity contribution >= 4 is 11.9 Å². The summed E-state index contributed by atoms with van der Waals surface area (Å²) in [6.07, 6.45) is 3.07. The molecule has 84 valence electrons. The molecule has 0 amide bonds. The molecule has 0 aromatic heterocycles. The van der Waals surface area contributed by atoms with Crippen LogP contribution < -0.4 is 5.73 Å². The van der Waals surface area contributed by atoms with Gasteiger partial charge in [-0.05, 0) is 30.6 Å². The summed E-state index contributed by atoms with van der Waals surface area (Å²) in [4.78, 5) is 21.7. The van der Waals surface area contributed by atoms with Crippen LogP contribution in [0.1, 0.15) is 25.7 Å². The Bertz CT molecular complexity index is 317. The summed E-state index contributed by atoms with van der Waals surface area (Å²) in [5, 5.41) is 17.8. The summed E-state index contributed by atoms with van der Waals surface area (Å²) < 4.78 is 0. The number of rotatable bonds is 3. The van der Waals surface area contributed by atoms with Crippen LogP contribution in [-0.2, 0) is 9.59 Å². The molecule has 5 heteroatoms. The van der Waals surface area contributed by atoms with E-state index in [2.05, 4.69) is 0 Å². The van der Waals surface area contributed by atoms with Gasteiger partial charge in [-0.2, -0.15) is 0 Å². The predicted octanol–water partition coefficient (Wildman–Crippen LogP) is 0.289. The molecular formula is C10H15NO4. The number of nitrogens with two attached hydrogens (primary N) is 1. The van der Waals surface area contributed by atoms with E-state index in [1.54, 1.807) is 0 Å². The summed E-state index contributed by atoms with van der Waals surface area (Å²) in [7, 11) is 0. The SMILES string of the molecule is NC(C(=O)O)C1CCCC12CC2C(=O)O. The molecule has 2 rings (SSSR count). The van der Waals surface area contributed by atoms with Gasteiger partial charge < -0.3 is 15.9 Å². The van der Waals surface area contributed by atoms with Crippen LogP contribution in [0, 0.1) is 17.3 Å². The van der Waals surface area contributed by atoms with Gasteiger partial charge in [-0.3, -0.25) is 9.59 Å². The van der Waals surface area contributed by atoms with Crippen molar-refractivity contribution in [2.75, 3.05) is 0 Å². The molecule has 0 radical (unpaired) electrons. The van der Waals surface area contributed by atoms with Gasteiger partial charge in [0.25, 0.3) is 0 Å². The van der Waals surface area contributed by atoms with Crippen molar-refractivity contribution in [2.45, 2.75) is 31.7 Å². The minimum atomic E-state index is -1.02. The summed E-state index contributed by atoms with van der Waals surface area (Å²) in [6.45, 7) is 0. The molecule has 4 atom stereocenters. The second kappa shape index (κ2) is 3.20. The predicted molar refractivity (Wildman–Crippen MR) is 51.1 cm³/mol. The maximum Gasteiger partial charge on any atom is 0.320 e. The van der Waals surface area contributed by atoms with Crippen LogP contribution in [-0.4, -0.2) is 28.2 Å². The van der Waals surface area contributed by atoms with Crippen LogP contribution in [0.5, 0.6) is 0 Å². The number of carboxylic acid groups (broad SMARTS) is 2. The minimum absolute atomic E-state index is 0.156. The van der Waals surface area contributed by atoms with Gasteiger partial charge in [-0.1, -0.05) is 6.42 Å². The lowest BCUT2D eigenvalue weighted by Gasteiger charge is -2.22. The van der Waals surface area contributed by atoms with Crippen LogP contribution >= 0.6 is 0 Å². The molecule has 2 aliphatic carbocycles. The average molecular weight is 213 g/mol. The molecule has 5 nitrogen and oxygen atoms in total. The topological polar surface area (TPSA) is 101 Å². The lowest BCUT2D eigenvalue weighted by molar-refractivity contribution is -0.143. The average Bonchev–Trinajstić information content (AvgIpc) is 2.70. The van der Waals surface area contributed by atoms with Crippen LogP contribution in [0.3, 0.4) is 0 Å². The van der Waals surface area contributed by atoms with E-state index in [0.717, 1.165) is 19.3 Å². The quantitative estimate of drug-likeness (QED) is 0.625. The molecule has 2 aliphatic rings. The Balaban J connectivity index is 2.14. The Kier molecular flexibility index (Phi) is 2.22. The Labute approximate surface area is 87.3 Å². The first-order chi connectivity index (χ1) is 6.99. The van der Waals surface area contributed by atoms with Gasteiger partial charge in [-0.15, -0.1) is 0 Å². The third-order valence-electron chi connectivity index (χ3n) is 4.03. The molecule has 0 aromatic carbocycles. The molecule has 1 spiro atoms. The zero-order valence-electron chi connectivity index (χ0n) is 8.35. The van der Waals surface area contributed by atoms with Crippen molar-refractivity contribution in [3.8, 4) is 0 Å². The zero-order valence-corrected chi connectivity index (χ0v) is 8.35. The van der Waals surface area contributed by atoms with Gasteiger partial charge >= 0.3 is 11.9 Å². The van der Waals surface area contributed by atoms with Gasteiger partial charge in [0, 0.05) is 0 Å². The van der Waals surface area contributed by atoms with Gasteiger partial charge in [0.05, 0.1) is 5.92 Å². The van der Waals surface area contributed by atoms with Crippen molar-refractivity contribution in [1.82, 2.24) is 0 Å². The van der Waals surface area contributed by atoms with Crippen molar-refractivity contribution < 1.29 is 19.8 Å². The fraction of sp³-hybridized carbons (Fsp3) is 0.800. The third-order valence-corrected chi connectivity index (χ3v) is 4.03. The number of hydrogen-bond acceptors (Lipinski definition) is 3. The molecule has 4 unspecified atom stereocenters. The largest absolute Gasteiger partial charge is 0.481 e. The highest BCUT2D eigenvalue weighted by Gasteiger charge is 2.65. The molecule has 0 aromatic rings. The molecule has 0 bridgehead atoms. The van der Waals surface area contributed by atoms with E-state index in [1.165, 1.54) is 0 Å². The second-order valence-corrected chi connectivity index (χ2v) is 4.69. The van der Waals surface area contributed by atoms with Crippen molar-refractivity contribution in [3.63, 3.8) is 0 Å².